The van der Waals surface area contributed by atoms with Crippen molar-refractivity contribution >= 4 is 11.9 Å². The first-order chi connectivity index (χ1) is 8.51. The molecule has 1 atom stereocenters. The average Bonchev–Trinajstić information content (AvgIpc) is 2.28. The molecule has 0 spiro atoms. The molecule has 6 nitrogen and oxygen atoms in total. The fourth-order valence-electron chi connectivity index (χ4n) is 2.04. The predicted molar refractivity (Wildman–Crippen MR) is 64.3 cm³/mol. The number of carbonyl (C=O) groups is 2. The summed E-state index contributed by atoms with van der Waals surface area (Å²) in [4.78, 5) is 22.3. The molecule has 1 rings (SSSR count). The zero-order chi connectivity index (χ0) is 13.6. The third-order valence-corrected chi connectivity index (χ3v) is 3.44. The Morgan fingerprint density at radius 1 is 1.39 bits per heavy atom. The fourth-order valence-corrected chi connectivity index (χ4v) is 2.04. The zero-order valence-corrected chi connectivity index (χ0v) is 10.9. The molecule has 2 N–H and O–H groups in total. The van der Waals surface area contributed by atoms with E-state index in [1.54, 1.807) is 7.11 Å². The van der Waals surface area contributed by atoms with E-state index in [0.717, 1.165) is 19.3 Å². The largest absolute Gasteiger partial charge is 0.481 e. The number of aliphatic carboxylic acids is 1. The van der Waals surface area contributed by atoms with Gasteiger partial charge in [-0.15, -0.1) is 0 Å². The smallest absolute Gasteiger partial charge is 0.306 e. The van der Waals surface area contributed by atoms with Crippen molar-refractivity contribution in [1.29, 1.82) is 0 Å². The molecule has 0 aromatic carbocycles. The second-order valence-corrected chi connectivity index (χ2v) is 4.68. The first kappa shape index (κ1) is 14.9. The van der Waals surface area contributed by atoms with E-state index >= 15 is 0 Å². The van der Waals surface area contributed by atoms with Gasteiger partial charge in [-0.25, -0.2) is 0 Å². The van der Waals surface area contributed by atoms with Crippen molar-refractivity contribution in [2.75, 3.05) is 20.8 Å². The minimum Gasteiger partial charge on any atom is -0.481 e. The van der Waals surface area contributed by atoms with Crippen LogP contribution in [0.3, 0.4) is 0 Å². The van der Waals surface area contributed by atoms with Gasteiger partial charge in [0, 0.05) is 20.8 Å². The number of nitrogens with one attached hydrogen (secondary N) is 1. The molecular weight excluding hydrogens is 238 g/mol. The Morgan fingerprint density at radius 3 is 2.44 bits per heavy atom. The van der Waals surface area contributed by atoms with Crippen molar-refractivity contribution < 1.29 is 24.2 Å². The van der Waals surface area contributed by atoms with Crippen LogP contribution in [0.2, 0.25) is 0 Å². The molecule has 104 valence electrons. The van der Waals surface area contributed by atoms with Crippen LogP contribution in [-0.4, -0.2) is 49.5 Å². The molecule has 18 heavy (non-hydrogen) atoms. The topological polar surface area (TPSA) is 84.9 Å². The number of carboxylic acids is 1. The Labute approximate surface area is 107 Å². The number of hydrogen-bond acceptors (Lipinski definition) is 4. The van der Waals surface area contributed by atoms with Gasteiger partial charge in [0.15, 0.2) is 0 Å². The Kier molecular flexibility index (Phi) is 5.55. The van der Waals surface area contributed by atoms with E-state index in [1.165, 1.54) is 7.11 Å². The van der Waals surface area contributed by atoms with E-state index in [9.17, 15) is 9.59 Å². The molecule has 1 amide bonds. The first-order valence-corrected chi connectivity index (χ1v) is 6.08. The van der Waals surface area contributed by atoms with Gasteiger partial charge in [-0.3, -0.25) is 9.59 Å². The van der Waals surface area contributed by atoms with Gasteiger partial charge >= 0.3 is 5.97 Å². The maximum absolute atomic E-state index is 11.7. The lowest BCUT2D eigenvalue weighted by molar-refractivity contribution is -0.141. The van der Waals surface area contributed by atoms with Gasteiger partial charge in [-0.1, -0.05) is 0 Å². The Bertz CT molecular complexity index is 295. The number of carbonyl (C=O) groups excluding carboxylic acids is 1. The number of ether oxygens (including phenoxy) is 2. The van der Waals surface area contributed by atoms with Crippen LogP contribution < -0.4 is 5.32 Å². The molecule has 0 heterocycles. The van der Waals surface area contributed by atoms with Crippen molar-refractivity contribution in [3.8, 4) is 0 Å². The first-order valence-electron chi connectivity index (χ1n) is 6.08. The molecule has 0 aromatic rings. The van der Waals surface area contributed by atoms with Gasteiger partial charge in [0.2, 0.25) is 5.91 Å². The number of methoxy groups -OCH3 is 2. The van der Waals surface area contributed by atoms with Crippen molar-refractivity contribution in [3.05, 3.63) is 0 Å². The number of amides is 1. The maximum atomic E-state index is 11.7. The lowest BCUT2D eigenvalue weighted by atomic mass is 9.77. The summed E-state index contributed by atoms with van der Waals surface area (Å²) < 4.78 is 10.3. The highest BCUT2D eigenvalue weighted by atomic mass is 16.5. The molecule has 0 bridgehead atoms. The van der Waals surface area contributed by atoms with Crippen LogP contribution in [0.5, 0.6) is 0 Å². The highest BCUT2D eigenvalue weighted by Gasteiger charge is 2.38. The summed E-state index contributed by atoms with van der Waals surface area (Å²) in [5.41, 5.74) is -0.306. The highest BCUT2D eigenvalue weighted by Crippen LogP contribution is 2.37. The Morgan fingerprint density at radius 2 is 2.06 bits per heavy atom. The third kappa shape index (κ3) is 4.27. The fraction of sp³-hybridized carbons (Fsp3) is 0.833. The lowest BCUT2D eigenvalue weighted by Gasteiger charge is -2.40. The second-order valence-electron chi connectivity index (χ2n) is 4.68. The van der Waals surface area contributed by atoms with E-state index in [0.29, 0.717) is 6.42 Å². The van der Waals surface area contributed by atoms with Crippen molar-refractivity contribution in [1.82, 2.24) is 5.32 Å². The summed E-state index contributed by atoms with van der Waals surface area (Å²) in [5.74, 6) is -1.06. The zero-order valence-electron chi connectivity index (χ0n) is 10.9. The monoisotopic (exact) mass is 259 g/mol. The molecule has 1 aliphatic carbocycles. The summed E-state index contributed by atoms with van der Waals surface area (Å²) in [7, 11) is 3.05. The maximum Gasteiger partial charge on any atom is 0.306 e. The molecule has 1 unspecified atom stereocenters. The predicted octanol–water partition coefficient (Wildman–Crippen LogP) is 0.552. The van der Waals surface area contributed by atoms with Gasteiger partial charge in [0.05, 0.1) is 24.5 Å². The van der Waals surface area contributed by atoms with Gasteiger partial charge in [0.25, 0.3) is 0 Å². The minimum absolute atomic E-state index is 0.119. The lowest BCUT2D eigenvalue weighted by Crippen LogP contribution is -2.45. The number of hydrogen-bond donors (Lipinski definition) is 2. The van der Waals surface area contributed by atoms with E-state index < -0.39 is 12.1 Å². The van der Waals surface area contributed by atoms with Crippen LogP contribution in [0.25, 0.3) is 0 Å². The van der Waals surface area contributed by atoms with Crippen molar-refractivity contribution in [2.24, 2.45) is 0 Å². The van der Waals surface area contributed by atoms with E-state index in [4.69, 9.17) is 14.6 Å². The molecule has 0 saturated heterocycles. The van der Waals surface area contributed by atoms with Crippen LogP contribution in [0, 0.1) is 0 Å². The van der Waals surface area contributed by atoms with Crippen molar-refractivity contribution in [2.45, 2.75) is 43.8 Å². The normalized spacial score (nSPS) is 18.8. The van der Waals surface area contributed by atoms with E-state index in [2.05, 4.69) is 5.32 Å². The molecule has 1 fully saturated rings. The summed E-state index contributed by atoms with van der Waals surface area (Å²) in [6.07, 6.45) is 2.60. The molecule has 6 heteroatoms. The number of rotatable bonds is 8. The Hall–Kier alpha value is -1.14. The van der Waals surface area contributed by atoms with E-state index in [-0.39, 0.29) is 24.5 Å². The van der Waals surface area contributed by atoms with Crippen LogP contribution in [0.4, 0.5) is 0 Å². The molecule has 1 saturated carbocycles. The van der Waals surface area contributed by atoms with E-state index in [1.807, 2.05) is 0 Å². The van der Waals surface area contributed by atoms with Gasteiger partial charge < -0.3 is 19.9 Å². The second kappa shape index (κ2) is 6.70. The SMILES string of the molecule is COC(CNC(=O)CC1(OC)CCC1)CC(=O)O. The average molecular weight is 259 g/mol. The molecule has 0 aromatic heterocycles. The van der Waals surface area contributed by atoms with Crippen molar-refractivity contribution in [3.63, 3.8) is 0 Å². The quantitative estimate of drug-likeness (QED) is 0.665. The molecule has 1 aliphatic rings. The summed E-state index contributed by atoms with van der Waals surface area (Å²) >= 11 is 0. The highest BCUT2D eigenvalue weighted by molar-refractivity contribution is 5.77. The molecule has 0 aliphatic heterocycles. The van der Waals surface area contributed by atoms with Gasteiger partial charge in [-0.05, 0) is 19.3 Å². The van der Waals surface area contributed by atoms with Gasteiger partial charge in [0.1, 0.15) is 0 Å². The summed E-state index contributed by atoms with van der Waals surface area (Å²) in [6, 6.07) is 0. The third-order valence-electron chi connectivity index (χ3n) is 3.44. The molecular formula is C12H21NO5. The molecule has 0 radical (unpaired) electrons. The van der Waals surface area contributed by atoms with Gasteiger partial charge in [-0.2, -0.15) is 0 Å². The van der Waals surface area contributed by atoms with Crippen LogP contribution in [0.1, 0.15) is 32.1 Å². The summed E-state index contributed by atoms with van der Waals surface area (Å²) in [5, 5.41) is 11.3. The Balaban J connectivity index is 2.29. The van der Waals surface area contributed by atoms with Crippen LogP contribution in [0.15, 0.2) is 0 Å². The van der Waals surface area contributed by atoms with Crippen LogP contribution >= 0.6 is 0 Å². The minimum atomic E-state index is -0.941. The number of carboxylic acid groups (broad SMARTS) is 1. The standard InChI is InChI=1S/C12H21NO5/c1-17-9(6-11(15)16)8-13-10(14)7-12(18-2)4-3-5-12/h9H,3-8H2,1-2H3,(H,13,14)(H,15,16). The summed E-state index contributed by atoms with van der Waals surface area (Å²) in [6.45, 7) is 0.210. The van der Waals surface area contributed by atoms with Crippen LogP contribution in [-0.2, 0) is 19.1 Å².